The maximum Gasteiger partial charge on any atom is 1.00 e. The second-order valence-electron chi connectivity index (χ2n) is 3.48. The molecule has 2 atom stereocenters. The molecule has 1 fully saturated rings. The van der Waals surface area contributed by atoms with Gasteiger partial charge in [-0.15, -0.1) is 0 Å². The molecular weight excluding hydrogens is 375 g/mol. The van der Waals surface area contributed by atoms with Crippen molar-refractivity contribution >= 4 is 26.0 Å². The molecule has 1 heterocycles. The molecule has 0 aromatic carbocycles. The van der Waals surface area contributed by atoms with E-state index in [0.717, 1.165) is 19.3 Å². The van der Waals surface area contributed by atoms with Crippen molar-refractivity contribution in [2.24, 2.45) is 0 Å². The first kappa shape index (κ1) is 29.3. The average Bonchev–Trinajstić information content (AvgIpc) is 2.23. The van der Waals surface area contributed by atoms with Crippen LogP contribution in [-0.4, -0.2) is 25.3 Å². The van der Waals surface area contributed by atoms with Gasteiger partial charge in [0.15, 0.2) is 13.1 Å². The van der Waals surface area contributed by atoms with Crippen LogP contribution in [0.1, 0.15) is 19.3 Å². The summed E-state index contributed by atoms with van der Waals surface area (Å²) in [7, 11) is -5.52. The molecule has 1 aliphatic heterocycles. The minimum atomic E-state index is -5.52. The van der Waals surface area contributed by atoms with Crippen LogP contribution in [0.5, 0.6) is 0 Å². The quantitative estimate of drug-likeness (QED) is 0.237. The molecule has 21 heavy (non-hydrogen) atoms. The summed E-state index contributed by atoms with van der Waals surface area (Å²) >= 11 is 0.219. The molecule has 0 amide bonds. The van der Waals surface area contributed by atoms with Crippen LogP contribution in [-0.2, 0) is 22.9 Å². The Labute approximate surface area is 194 Å². The fraction of sp³-hybridized carbons (Fsp3) is 1.00. The molecule has 0 aromatic heterocycles. The van der Waals surface area contributed by atoms with Crippen LogP contribution in [0.4, 0.5) is 0 Å². The van der Waals surface area contributed by atoms with Gasteiger partial charge in [-0.05, 0) is 19.3 Å². The second kappa shape index (κ2) is 14.7. The fourth-order valence-corrected chi connectivity index (χ4v) is 4.93. The number of hydrogen-bond donors (Lipinski definition) is 0. The number of phosphoric acid groups is 1. The van der Waals surface area contributed by atoms with Crippen molar-refractivity contribution < 1.29 is 126 Å². The Balaban J connectivity index is -0.00000108. The van der Waals surface area contributed by atoms with E-state index in [1.807, 2.05) is 0 Å². The van der Waals surface area contributed by atoms with Crippen LogP contribution in [0.3, 0.4) is 0 Å². The largest absolute Gasteiger partial charge is 1.00 e. The van der Waals surface area contributed by atoms with Crippen molar-refractivity contribution in [1.82, 2.24) is 0 Å². The molecular formula is C7H13Na3O8P2S. The second-order valence-corrected chi connectivity index (χ2v) is 8.70. The Bertz CT molecular complexity index is 351. The van der Waals surface area contributed by atoms with Gasteiger partial charge < -0.3 is 28.7 Å². The summed E-state index contributed by atoms with van der Waals surface area (Å²) < 4.78 is 35.0. The van der Waals surface area contributed by atoms with Gasteiger partial charge in [0.25, 0.3) is 0 Å². The summed E-state index contributed by atoms with van der Waals surface area (Å²) in [4.78, 5) is 31.3. The normalized spacial score (nSPS) is 21.2. The topological polar surface area (TPSA) is 131 Å². The summed E-state index contributed by atoms with van der Waals surface area (Å²) in [5.41, 5.74) is 0. The maximum atomic E-state index is 11.0. The third-order valence-electron chi connectivity index (χ3n) is 1.97. The molecule has 2 unspecified atom stereocenters. The predicted molar refractivity (Wildman–Crippen MR) is 58.3 cm³/mol. The van der Waals surface area contributed by atoms with Crippen molar-refractivity contribution in [2.45, 2.75) is 25.6 Å². The zero-order chi connectivity index (χ0) is 13.6. The summed E-state index contributed by atoms with van der Waals surface area (Å²) in [5, 5.41) is 0. The van der Waals surface area contributed by atoms with Gasteiger partial charge in [-0.3, -0.25) is 8.88 Å². The molecule has 0 spiro atoms. The molecule has 0 N–H and O–H groups in total. The van der Waals surface area contributed by atoms with Gasteiger partial charge in [-0.1, -0.05) is 11.4 Å². The minimum Gasteiger partial charge on any atom is -0.790 e. The van der Waals surface area contributed by atoms with Gasteiger partial charge in [0.05, 0.1) is 14.4 Å². The number of hydrogen-bond acceptors (Lipinski definition) is 9. The predicted octanol–water partition coefficient (Wildman–Crippen LogP) is -9.41. The Hall–Kier alpha value is 3.57. The van der Waals surface area contributed by atoms with Crippen LogP contribution in [0, 0.1) is 0 Å². The van der Waals surface area contributed by atoms with Gasteiger partial charge in [0.2, 0.25) is 0 Å². The van der Waals surface area contributed by atoms with E-state index in [9.17, 15) is 23.8 Å². The van der Waals surface area contributed by atoms with E-state index >= 15 is 0 Å². The molecule has 1 rings (SSSR count). The molecule has 0 radical (unpaired) electrons. The number of ether oxygens (including phenoxy) is 2. The smallest absolute Gasteiger partial charge is 0.790 e. The van der Waals surface area contributed by atoms with Gasteiger partial charge in [-0.25, -0.2) is 0 Å². The van der Waals surface area contributed by atoms with Crippen molar-refractivity contribution in [3.05, 3.63) is 0 Å². The van der Waals surface area contributed by atoms with Crippen molar-refractivity contribution in [3.8, 4) is 0 Å². The van der Waals surface area contributed by atoms with Gasteiger partial charge >= 0.3 is 88.7 Å². The third kappa shape index (κ3) is 16.8. The van der Waals surface area contributed by atoms with E-state index in [2.05, 4.69) is 4.31 Å². The molecule has 14 heteroatoms. The van der Waals surface area contributed by atoms with E-state index < -0.39 is 14.6 Å². The van der Waals surface area contributed by atoms with Crippen LogP contribution in [0.15, 0.2) is 0 Å². The molecule has 0 bridgehead atoms. The maximum absolute atomic E-state index is 11.0. The monoisotopic (exact) mass is 388 g/mol. The first-order valence-corrected chi connectivity index (χ1v) is 9.80. The number of rotatable bonds is 7. The zero-order valence-electron chi connectivity index (χ0n) is 12.4. The summed E-state index contributed by atoms with van der Waals surface area (Å²) in [6.07, 6.45) is 2.35. The molecule has 1 aliphatic rings. The fourth-order valence-electron chi connectivity index (χ4n) is 1.32. The van der Waals surface area contributed by atoms with E-state index in [1.54, 1.807) is 0 Å². The Kier molecular flexibility index (Phi) is 20.5. The Morgan fingerprint density at radius 3 is 2.24 bits per heavy atom. The van der Waals surface area contributed by atoms with Gasteiger partial charge in [0, 0.05) is 12.4 Å². The van der Waals surface area contributed by atoms with E-state index in [-0.39, 0.29) is 119 Å². The van der Waals surface area contributed by atoms with Crippen molar-refractivity contribution in [2.75, 3.05) is 19.0 Å². The van der Waals surface area contributed by atoms with Crippen LogP contribution < -0.4 is 103 Å². The standard InChI is InChI=1S/C7H16O8P2S.3Na/c8-16(9,10)15-17(11,12)18-6-5-14-7-3-1-2-4-13-7;;;/h7H,1-6H2,(H,11,12)(H2,8,9,10);;;/q;3*+1/p-3. The van der Waals surface area contributed by atoms with Crippen molar-refractivity contribution in [1.29, 1.82) is 0 Å². The van der Waals surface area contributed by atoms with Crippen molar-refractivity contribution in [3.63, 3.8) is 0 Å². The molecule has 0 aromatic rings. The van der Waals surface area contributed by atoms with E-state index in [4.69, 9.17) is 9.47 Å². The summed E-state index contributed by atoms with van der Waals surface area (Å²) in [6.45, 7) is -4.06. The first-order valence-electron chi connectivity index (χ1n) is 5.21. The molecule has 8 nitrogen and oxygen atoms in total. The minimum absolute atomic E-state index is 0. The average molecular weight is 388 g/mol. The summed E-state index contributed by atoms with van der Waals surface area (Å²) in [5.74, 6) is -0.0410. The third-order valence-corrected chi connectivity index (χ3v) is 6.34. The van der Waals surface area contributed by atoms with Gasteiger partial charge in [-0.2, -0.15) is 0 Å². The SMILES string of the molecule is O=P([O-])([O-])OP(=O)([O-])SCCOC1CCCCO1.[Na+].[Na+].[Na+]. The van der Waals surface area contributed by atoms with E-state index in [1.165, 1.54) is 0 Å². The molecule has 108 valence electrons. The van der Waals surface area contributed by atoms with Gasteiger partial charge in [0.1, 0.15) is 0 Å². The van der Waals surface area contributed by atoms with Crippen LogP contribution in [0.2, 0.25) is 0 Å². The van der Waals surface area contributed by atoms with Crippen LogP contribution in [0.25, 0.3) is 0 Å². The van der Waals surface area contributed by atoms with Crippen LogP contribution >= 0.6 is 26.0 Å². The molecule has 0 aliphatic carbocycles. The molecule has 1 saturated heterocycles. The Morgan fingerprint density at radius 2 is 1.76 bits per heavy atom. The summed E-state index contributed by atoms with van der Waals surface area (Å²) in [6, 6.07) is 0. The zero-order valence-corrected chi connectivity index (χ0v) is 21.0. The van der Waals surface area contributed by atoms with E-state index in [0.29, 0.717) is 6.61 Å². The first-order chi connectivity index (χ1) is 8.29. The molecule has 0 saturated carbocycles. The Morgan fingerprint density at radius 1 is 1.14 bits per heavy atom.